The third-order valence-corrected chi connectivity index (χ3v) is 1.34. The van der Waals surface area contributed by atoms with Crippen molar-refractivity contribution in [3.63, 3.8) is 0 Å². The van der Waals surface area contributed by atoms with Crippen LogP contribution in [0, 0.1) is 11.3 Å². The second-order valence-electron chi connectivity index (χ2n) is 2.22. The van der Waals surface area contributed by atoms with Crippen LogP contribution in [0.5, 0.6) is 0 Å². The molecule has 2 nitrogen and oxygen atoms in total. The highest BCUT2D eigenvalue weighted by molar-refractivity contribution is 5.16. The molecule has 0 aliphatic carbocycles. The smallest absolute Gasteiger partial charge is 0.144 e. The first kappa shape index (κ1) is 6.38. The molecule has 1 aromatic rings. The van der Waals surface area contributed by atoms with E-state index in [0.29, 0.717) is 0 Å². The van der Waals surface area contributed by atoms with Crippen LogP contribution in [-0.4, -0.2) is 11.2 Å². The van der Waals surface area contributed by atoms with Crippen LogP contribution in [0.25, 0.3) is 0 Å². The normalized spacial score (nSPS) is 16.2. The van der Waals surface area contributed by atoms with Crippen molar-refractivity contribution in [2.24, 2.45) is 0 Å². The molecule has 0 bridgehead atoms. The summed E-state index contributed by atoms with van der Waals surface area (Å²) in [6.45, 7) is 0. The third-order valence-electron chi connectivity index (χ3n) is 1.34. The van der Waals surface area contributed by atoms with Crippen LogP contribution >= 0.6 is 0 Å². The quantitative estimate of drug-likeness (QED) is 0.505. The van der Waals surface area contributed by atoms with Gasteiger partial charge in [-0.1, -0.05) is 30.3 Å². The molecule has 0 saturated carbocycles. The largest absolute Gasteiger partial charge is 0.378 e. The van der Waals surface area contributed by atoms with Crippen molar-refractivity contribution < 1.29 is 6.48 Å². The van der Waals surface area contributed by atoms with Gasteiger partial charge in [-0.15, -0.1) is 0 Å². The zero-order valence-electron chi connectivity index (χ0n) is 6.99. The molecule has 1 N–H and O–H groups in total. The Morgan fingerprint density at radius 3 is 2.73 bits per heavy atom. The second kappa shape index (κ2) is 3.75. The Balaban J connectivity index is 2.72. The number of rotatable bonds is 2. The summed E-state index contributed by atoms with van der Waals surface area (Å²) in [5.74, 6) is 0. The van der Waals surface area contributed by atoms with Crippen molar-refractivity contribution in [1.82, 2.24) is 0 Å². The van der Waals surface area contributed by atoms with E-state index in [2.05, 4.69) is 0 Å². The van der Waals surface area contributed by atoms with Crippen LogP contribution in [-0.2, 0) is 6.42 Å². The highest BCUT2D eigenvalue weighted by Gasteiger charge is 2.00. The van der Waals surface area contributed by atoms with Crippen LogP contribution in [0.15, 0.2) is 30.3 Å². The van der Waals surface area contributed by atoms with Gasteiger partial charge in [0.25, 0.3) is 0 Å². The van der Waals surface area contributed by atoms with Gasteiger partial charge in [-0.2, -0.15) is 5.26 Å². The fraction of sp³-hybridized carbons (Fsp3) is 0.222. The number of nitriles is 1. The topological polar surface area (TPSA) is 44.0 Å². The first-order valence-corrected chi connectivity index (χ1v) is 3.32. The molecule has 0 amide bonds. The van der Waals surface area contributed by atoms with E-state index in [1.807, 2.05) is 18.2 Å². The molecule has 0 fully saturated rings. The van der Waals surface area contributed by atoms with Crippen molar-refractivity contribution in [2.45, 2.75) is 12.5 Å². The molecule has 0 heterocycles. The van der Waals surface area contributed by atoms with Crippen LogP contribution in [0.4, 0.5) is 0 Å². The minimum absolute atomic E-state index is 0.0460. The van der Waals surface area contributed by atoms with Gasteiger partial charge in [0.1, 0.15) is 6.08 Å². The Bertz CT molecular complexity index is 289. The summed E-state index contributed by atoms with van der Waals surface area (Å²) in [7, 11) is 0. The van der Waals surface area contributed by atoms with Crippen LogP contribution < -0.4 is 0 Å². The van der Waals surface area contributed by atoms with E-state index in [4.69, 9.17) is 11.7 Å². The summed E-state index contributed by atoms with van der Waals surface area (Å²) >= 11 is 0. The lowest BCUT2D eigenvalue weighted by Gasteiger charge is -1.99. The molecular weight excluding hydrogens is 139 g/mol. The number of nitrogens with zero attached hydrogens (tertiary/aromatic N) is 1. The molecule has 1 unspecified atom stereocenters. The molecule has 0 saturated heterocycles. The van der Waals surface area contributed by atoms with Gasteiger partial charge in [0.15, 0.2) is 0 Å². The standard InChI is InChI=1S/C9H9NO/c10-7-9(11)6-8-4-2-1-3-5-8/h1-5,9,11H,6H2/i9+1D. The van der Waals surface area contributed by atoms with E-state index in [1.165, 1.54) is 6.07 Å². The van der Waals surface area contributed by atoms with Gasteiger partial charge in [0.05, 0.1) is 7.44 Å². The molecular formula is C9H9NO. The first-order chi connectivity index (χ1) is 5.64. The van der Waals surface area contributed by atoms with Gasteiger partial charge in [-0.05, 0) is 5.56 Å². The number of hydrogen-bond acceptors (Lipinski definition) is 2. The zero-order chi connectivity index (χ0) is 9.03. The molecule has 2 heteroatoms. The third kappa shape index (κ3) is 2.40. The van der Waals surface area contributed by atoms with E-state index in [-0.39, 0.29) is 6.42 Å². The van der Waals surface area contributed by atoms with Gasteiger partial charge in [-0.25, -0.2) is 0 Å². The summed E-state index contributed by atoms with van der Waals surface area (Å²) in [4.78, 5) is 0. The van der Waals surface area contributed by atoms with E-state index < -0.39 is 6.08 Å². The molecule has 1 rings (SSSR count). The van der Waals surface area contributed by atoms with Crippen LogP contribution in [0.1, 0.15) is 6.93 Å². The molecule has 0 aliphatic rings. The molecule has 56 valence electrons. The minimum Gasteiger partial charge on any atom is -0.378 e. The van der Waals surface area contributed by atoms with E-state index >= 15 is 0 Å². The van der Waals surface area contributed by atoms with Crippen molar-refractivity contribution in [2.75, 3.05) is 0 Å². The lowest BCUT2D eigenvalue weighted by molar-refractivity contribution is 0.231. The molecule has 0 aliphatic heterocycles. The number of benzene rings is 1. The maximum Gasteiger partial charge on any atom is 0.144 e. The van der Waals surface area contributed by atoms with Crippen molar-refractivity contribution in [1.29, 1.82) is 5.26 Å². The van der Waals surface area contributed by atoms with Gasteiger partial charge < -0.3 is 5.11 Å². The maximum atomic E-state index is 9.08. The lowest BCUT2D eigenvalue weighted by Crippen LogP contribution is -2.06. The van der Waals surface area contributed by atoms with Gasteiger partial charge >= 0.3 is 0 Å². The summed E-state index contributed by atoms with van der Waals surface area (Å²) in [5, 5.41) is 17.5. The Labute approximate surface area is 67.1 Å². The summed E-state index contributed by atoms with van der Waals surface area (Å²) in [5.41, 5.74) is 0.788. The van der Waals surface area contributed by atoms with Crippen LogP contribution in [0.3, 0.4) is 0 Å². The van der Waals surface area contributed by atoms with E-state index in [1.54, 1.807) is 12.1 Å². The molecule has 1 atom stereocenters. The Kier molecular flexibility index (Phi) is 2.17. The Morgan fingerprint density at radius 1 is 1.55 bits per heavy atom. The lowest BCUT2D eigenvalue weighted by atomic mass is 10.2. The molecule has 1 aromatic carbocycles. The SMILES string of the molecule is [2H][13C](O)(C#N)Cc1ccccc1. The van der Waals surface area contributed by atoms with Crippen molar-refractivity contribution in [3.8, 4) is 6.07 Å². The van der Waals surface area contributed by atoms with Crippen LogP contribution in [0.2, 0.25) is 0 Å². The second-order valence-corrected chi connectivity index (χ2v) is 2.22. The average molecular weight is 149 g/mol. The maximum absolute atomic E-state index is 9.08. The number of aliphatic hydroxyl groups is 1. The monoisotopic (exact) mass is 149 g/mol. The molecule has 11 heavy (non-hydrogen) atoms. The zero-order valence-corrected chi connectivity index (χ0v) is 5.99. The fourth-order valence-electron chi connectivity index (χ4n) is 0.829. The van der Waals surface area contributed by atoms with Gasteiger partial charge in [0.2, 0.25) is 0 Å². The number of hydrogen-bond donors (Lipinski definition) is 1. The van der Waals surface area contributed by atoms with E-state index in [0.717, 1.165) is 5.56 Å². The average Bonchev–Trinajstić information content (AvgIpc) is 2.06. The fourth-order valence-corrected chi connectivity index (χ4v) is 0.829. The minimum atomic E-state index is -2.00. The van der Waals surface area contributed by atoms with E-state index in [9.17, 15) is 0 Å². The van der Waals surface area contributed by atoms with Gasteiger partial charge in [0, 0.05) is 6.42 Å². The highest BCUT2D eigenvalue weighted by Crippen LogP contribution is 2.01. The molecule has 0 spiro atoms. The summed E-state index contributed by atoms with van der Waals surface area (Å²) in [6.07, 6.45) is -1.95. The Morgan fingerprint density at radius 2 is 2.18 bits per heavy atom. The van der Waals surface area contributed by atoms with Gasteiger partial charge in [-0.3, -0.25) is 0 Å². The predicted octanol–water partition coefficient (Wildman–Crippen LogP) is 1.11. The summed E-state index contributed by atoms with van der Waals surface area (Å²) < 4.78 is 7.11. The highest BCUT2D eigenvalue weighted by atomic mass is 16.3. The molecule has 0 radical (unpaired) electrons. The van der Waals surface area contributed by atoms with Crippen molar-refractivity contribution >= 4 is 0 Å². The molecule has 0 aromatic heterocycles. The first-order valence-electron chi connectivity index (χ1n) is 3.82. The van der Waals surface area contributed by atoms with Crippen molar-refractivity contribution in [3.05, 3.63) is 35.9 Å². The summed E-state index contributed by atoms with van der Waals surface area (Å²) in [6, 6.07) is 10.5. The Hall–Kier alpha value is -1.33. The predicted molar refractivity (Wildman–Crippen MR) is 41.8 cm³/mol.